The van der Waals surface area contributed by atoms with Crippen LogP contribution in [0.4, 0.5) is 36.1 Å². The summed E-state index contributed by atoms with van der Waals surface area (Å²) in [4.78, 5) is 62.7. The van der Waals surface area contributed by atoms with Crippen molar-refractivity contribution in [3.63, 3.8) is 0 Å². The van der Waals surface area contributed by atoms with Crippen molar-refractivity contribution in [2.75, 3.05) is 106 Å². The smallest absolute Gasteiger partial charge is 0.319 e. The monoisotopic (exact) mass is 1060 g/mol. The molecule has 3 aromatic carbocycles. The number of hydrogen-bond acceptors (Lipinski definition) is 14. The van der Waals surface area contributed by atoms with Gasteiger partial charge in [-0.3, -0.25) is 29.6 Å². The molecule has 6 saturated heterocycles. The van der Waals surface area contributed by atoms with Gasteiger partial charge in [0, 0.05) is 89.0 Å². The standard InChI is InChI=1S/C58H68F3N11O5/c1-4-42-45(59)8-5-38-28-41(74)29-43(50(38)42)53-52(61)54-44(30-62-53)56(72-32-39-6-7-40(33-72)63-39)66-58(65-54)77-26-25-69-19-13-35(14-20-69)27-36-15-21-70(22-16-36)31-37-17-23-71(24-18-37)46-9-10-47(55(51(46)60)67(2)34-73)68(3)48-11-12-49(75)64-57(48)76/h1,5,8-10,28-30,34-37,39-40,48,63,74H,6-7,11-27,31-33H2,2-3H3,(H,64,75,76). The Bertz CT molecular complexity index is 3090. The SMILES string of the molecule is C#Cc1c(F)ccc2cc(O)cc(-c3ncc4c(N5CC6CCC(C5)N6)nc(OCCN5CCC(CC6CCN(CC7CCN(c8ccc(N(C)C9CCC(=O)NC9=O)c(N(C)C=O)c8F)CC7)CC6)CC5)nc4c3F)c12. The largest absolute Gasteiger partial charge is 0.508 e. The number of nitrogens with zero attached hydrogens (tertiary/aromatic N) is 9. The van der Waals surface area contributed by atoms with Gasteiger partial charge in [0.25, 0.3) is 0 Å². The molecular formula is C58H68F3N11O5. The molecule has 11 rings (SSSR count). The molecule has 6 fully saturated rings. The molecule has 406 valence electrons. The number of terminal acetylenes is 1. The van der Waals surface area contributed by atoms with E-state index in [1.165, 1.54) is 55.5 Å². The number of rotatable bonds is 15. The number of fused-ring (bicyclic) bond motifs is 4. The number of hydrogen-bond donors (Lipinski definition) is 3. The van der Waals surface area contributed by atoms with Crippen LogP contribution in [0.5, 0.6) is 11.8 Å². The predicted molar refractivity (Wildman–Crippen MR) is 291 cm³/mol. The van der Waals surface area contributed by atoms with Crippen LogP contribution in [0.2, 0.25) is 0 Å². The maximum Gasteiger partial charge on any atom is 0.319 e. The first kappa shape index (κ1) is 52.3. The summed E-state index contributed by atoms with van der Waals surface area (Å²) in [6, 6.07) is 9.07. The van der Waals surface area contributed by atoms with Crippen LogP contribution in [0.3, 0.4) is 0 Å². The number of carbonyl (C=O) groups excluding carboxylic acids is 3. The van der Waals surface area contributed by atoms with Crippen molar-refractivity contribution in [3.8, 4) is 35.4 Å². The van der Waals surface area contributed by atoms with Crippen molar-refractivity contribution in [2.24, 2.45) is 17.8 Å². The zero-order valence-corrected chi connectivity index (χ0v) is 44.0. The number of amides is 3. The summed E-state index contributed by atoms with van der Waals surface area (Å²) in [5, 5.41) is 17.9. The number of carbonyl (C=O) groups is 3. The van der Waals surface area contributed by atoms with Gasteiger partial charge in [0.05, 0.1) is 22.3 Å². The topological polar surface area (TPSA) is 163 Å². The highest BCUT2D eigenvalue weighted by atomic mass is 19.1. The molecule has 19 heteroatoms. The number of halogens is 3. The molecule has 5 aromatic rings. The molecular weight excluding hydrogens is 988 g/mol. The third kappa shape index (κ3) is 10.8. The second-order valence-electron chi connectivity index (χ2n) is 22.3. The van der Waals surface area contributed by atoms with Gasteiger partial charge in [0.15, 0.2) is 11.6 Å². The molecule has 3 N–H and O–H groups in total. The number of likely N-dealkylation sites (tertiary alicyclic amines) is 2. The summed E-state index contributed by atoms with van der Waals surface area (Å²) < 4.78 is 54.8. The van der Waals surface area contributed by atoms with Gasteiger partial charge in [-0.15, -0.1) is 6.42 Å². The Labute approximate surface area is 447 Å². The summed E-state index contributed by atoms with van der Waals surface area (Å²) in [7, 11) is 3.20. The first-order chi connectivity index (χ1) is 37.3. The molecule has 2 aromatic heterocycles. The maximum absolute atomic E-state index is 17.0. The minimum atomic E-state index is -0.739. The zero-order chi connectivity index (χ0) is 53.5. The number of piperidine rings is 4. The summed E-state index contributed by atoms with van der Waals surface area (Å²) in [6.45, 7) is 9.02. The fourth-order valence-electron chi connectivity index (χ4n) is 13.2. The van der Waals surface area contributed by atoms with Crippen molar-refractivity contribution in [3.05, 3.63) is 65.6 Å². The number of piperazine rings is 1. The number of likely N-dealkylation sites (N-methyl/N-ethyl adjacent to an activating group) is 1. The Morgan fingerprint density at radius 2 is 1.55 bits per heavy atom. The number of phenols is 1. The Balaban J connectivity index is 0.662. The summed E-state index contributed by atoms with van der Waals surface area (Å²) in [6.07, 6.45) is 18.3. The van der Waals surface area contributed by atoms with Gasteiger partial charge < -0.3 is 39.7 Å². The fourth-order valence-corrected chi connectivity index (χ4v) is 13.2. The first-order valence-electron chi connectivity index (χ1n) is 27.5. The van der Waals surface area contributed by atoms with E-state index < -0.39 is 29.4 Å². The second-order valence-corrected chi connectivity index (χ2v) is 22.3. The molecule has 3 amide bonds. The van der Waals surface area contributed by atoms with Crippen molar-refractivity contribution in [1.82, 2.24) is 35.4 Å². The van der Waals surface area contributed by atoms with Gasteiger partial charge in [-0.05, 0) is 144 Å². The van der Waals surface area contributed by atoms with Gasteiger partial charge in [-0.2, -0.15) is 9.97 Å². The highest BCUT2D eigenvalue weighted by Crippen LogP contribution is 2.42. The number of nitrogens with one attached hydrogen (secondary N) is 2. The zero-order valence-electron chi connectivity index (χ0n) is 44.0. The molecule has 0 spiro atoms. The van der Waals surface area contributed by atoms with Crippen molar-refractivity contribution < 1.29 is 37.4 Å². The van der Waals surface area contributed by atoms with Crippen molar-refractivity contribution >= 4 is 62.8 Å². The lowest BCUT2D eigenvalue weighted by Gasteiger charge is -2.40. The lowest BCUT2D eigenvalue weighted by molar-refractivity contribution is -0.134. The van der Waals surface area contributed by atoms with E-state index in [-0.39, 0.29) is 57.5 Å². The van der Waals surface area contributed by atoms with Crippen LogP contribution in [-0.2, 0) is 14.4 Å². The Morgan fingerprint density at radius 3 is 2.23 bits per heavy atom. The van der Waals surface area contributed by atoms with E-state index in [0.29, 0.717) is 110 Å². The van der Waals surface area contributed by atoms with Gasteiger partial charge in [-0.25, -0.2) is 13.2 Å². The number of benzene rings is 3. The quantitative estimate of drug-likeness (QED) is 0.0568. The maximum atomic E-state index is 17.0. The van der Waals surface area contributed by atoms with Gasteiger partial charge in [-0.1, -0.05) is 12.0 Å². The molecule has 0 aliphatic carbocycles. The summed E-state index contributed by atoms with van der Waals surface area (Å²) in [5.41, 5.74) is 1.02. The van der Waals surface area contributed by atoms with Crippen molar-refractivity contribution in [1.29, 1.82) is 0 Å². The molecule has 2 bridgehead atoms. The van der Waals surface area contributed by atoms with E-state index in [4.69, 9.17) is 16.1 Å². The molecule has 0 saturated carbocycles. The van der Waals surface area contributed by atoms with Crippen LogP contribution in [0.25, 0.3) is 32.9 Å². The lowest BCUT2D eigenvalue weighted by atomic mass is 9.82. The van der Waals surface area contributed by atoms with Gasteiger partial charge in [0.1, 0.15) is 46.9 Å². The van der Waals surface area contributed by atoms with Gasteiger partial charge >= 0.3 is 6.01 Å². The molecule has 3 atom stereocenters. The summed E-state index contributed by atoms with van der Waals surface area (Å²) in [5.74, 6) is 2.12. The Morgan fingerprint density at radius 1 is 0.844 bits per heavy atom. The molecule has 6 aliphatic rings. The molecule has 77 heavy (non-hydrogen) atoms. The fraction of sp³-hybridized carbons (Fsp3) is 0.517. The number of pyridine rings is 1. The average molecular weight is 1060 g/mol. The molecule has 6 aliphatic heterocycles. The van der Waals surface area contributed by atoms with Crippen LogP contribution < -0.4 is 35.0 Å². The average Bonchev–Trinajstić information content (AvgIpc) is 3.85. The van der Waals surface area contributed by atoms with E-state index in [1.54, 1.807) is 30.3 Å². The molecule has 0 radical (unpaired) electrons. The highest BCUT2D eigenvalue weighted by molar-refractivity contribution is 6.04. The van der Waals surface area contributed by atoms with E-state index in [1.807, 2.05) is 0 Å². The van der Waals surface area contributed by atoms with Crippen LogP contribution in [-0.4, -0.2) is 152 Å². The summed E-state index contributed by atoms with van der Waals surface area (Å²) >= 11 is 0. The highest BCUT2D eigenvalue weighted by Gasteiger charge is 2.36. The van der Waals surface area contributed by atoms with Crippen LogP contribution in [0, 0.1) is 47.5 Å². The van der Waals surface area contributed by atoms with Crippen LogP contribution in [0.15, 0.2) is 42.6 Å². The van der Waals surface area contributed by atoms with Gasteiger partial charge in [0.2, 0.25) is 18.2 Å². The predicted octanol–water partition coefficient (Wildman–Crippen LogP) is 6.83. The Kier molecular flexibility index (Phi) is 15.2. The lowest BCUT2D eigenvalue weighted by Crippen LogP contribution is -2.51. The molecule has 8 heterocycles. The number of anilines is 4. The Hall–Kier alpha value is -6.75. The minimum absolute atomic E-state index is 0.0284. The third-order valence-electron chi connectivity index (χ3n) is 17.4. The van der Waals surface area contributed by atoms with E-state index in [9.17, 15) is 19.5 Å². The van der Waals surface area contributed by atoms with Crippen LogP contribution >= 0.6 is 0 Å². The molecule has 16 nitrogen and oxygen atoms in total. The number of phenolic OH excluding ortho intramolecular Hbond substituents is 1. The minimum Gasteiger partial charge on any atom is -0.508 e. The first-order valence-corrected chi connectivity index (χ1v) is 27.5. The van der Waals surface area contributed by atoms with E-state index >= 15 is 13.2 Å². The van der Waals surface area contributed by atoms with E-state index in [2.05, 4.69) is 46.1 Å². The third-order valence-corrected chi connectivity index (χ3v) is 17.4. The number of ether oxygens (including phenoxy) is 1. The number of imide groups is 1. The number of aromatic hydroxyl groups is 1. The van der Waals surface area contributed by atoms with Crippen molar-refractivity contribution in [2.45, 2.75) is 88.8 Å². The van der Waals surface area contributed by atoms with Crippen LogP contribution in [0.1, 0.15) is 76.2 Å². The number of aromatic nitrogens is 3. The van der Waals surface area contributed by atoms with E-state index in [0.717, 1.165) is 71.2 Å². The normalized spacial score (nSPS) is 22.2. The second kappa shape index (κ2) is 22.3. The molecule has 3 unspecified atom stereocenters.